The van der Waals surface area contributed by atoms with Gasteiger partial charge >= 0.3 is 0 Å². The second kappa shape index (κ2) is 1.75. The summed E-state index contributed by atoms with van der Waals surface area (Å²) in [6, 6.07) is 0. The number of aromatic nitrogens is 2. The Labute approximate surface area is 59.6 Å². The fraction of sp³-hybridized carbons (Fsp3) is 0.571. The number of nitrogens with two attached hydrogens (primary N) is 1. The van der Waals surface area contributed by atoms with E-state index in [1.165, 1.54) is 17.7 Å². The van der Waals surface area contributed by atoms with Gasteiger partial charge in [-0.05, 0) is 18.8 Å². The van der Waals surface area contributed by atoms with Crippen molar-refractivity contribution in [3.05, 3.63) is 11.3 Å². The highest BCUT2D eigenvalue weighted by Gasteiger charge is 2.23. The quantitative estimate of drug-likeness (QED) is 0.561. The first-order chi connectivity index (χ1) is 4.79. The number of aromatic amines is 1. The Bertz CT molecular complexity index is 251. The van der Waals surface area contributed by atoms with E-state index >= 15 is 0 Å². The molecule has 10 heavy (non-hydrogen) atoms. The van der Waals surface area contributed by atoms with Crippen LogP contribution in [0.1, 0.15) is 30.5 Å². The second-order valence-corrected chi connectivity index (χ2v) is 2.94. The molecule has 0 spiro atoms. The van der Waals surface area contributed by atoms with E-state index in [2.05, 4.69) is 17.1 Å². The summed E-state index contributed by atoms with van der Waals surface area (Å²) >= 11 is 0. The van der Waals surface area contributed by atoms with Gasteiger partial charge in [0, 0.05) is 11.3 Å². The van der Waals surface area contributed by atoms with E-state index in [4.69, 9.17) is 5.73 Å². The predicted molar refractivity (Wildman–Crippen MR) is 39.7 cm³/mol. The number of nitrogens with zero attached hydrogens (tertiary/aromatic N) is 1. The Morgan fingerprint density at radius 3 is 3.20 bits per heavy atom. The van der Waals surface area contributed by atoms with Crippen LogP contribution in [0, 0.1) is 0 Å². The van der Waals surface area contributed by atoms with E-state index in [0.717, 1.165) is 6.42 Å². The molecule has 0 radical (unpaired) electrons. The number of anilines is 1. The van der Waals surface area contributed by atoms with Gasteiger partial charge in [-0.1, -0.05) is 6.92 Å². The molecule has 1 aromatic heterocycles. The van der Waals surface area contributed by atoms with E-state index in [1.807, 2.05) is 0 Å². The Morgan fingerprint density at radius 2 is 2.50 bits per heavy atom. The van der Waals surface area contributed by atoms with Crippen molar-refractivity contribution in [1.29, 1.82) is 0 Å². The van der Waals surface area contributed by atoms with Crippen LogP contribution in [0.5, 0.6) is 0 Å². The second-order valence-electron chi connectivity index (χ2n) is 2.94. The van der Waals surface area contributed by atoms with Crippen LogP contribution < -0.4 is 5.73 Å². The average molecular weight is 137 g/mol. The largest absolute Gasteiger partial charge is 0.382 e. The van der Waals surface area contributed by atoms with Crippen molar-refractivity contribution in [1.82, 2.24) is 10.2 Å². The summed E-state index contributed by atoms with van der Waals surface area (Å²) in [7, 11) is 0. The van der Waals surface area contributed by atoms with Gasteiger partial charge in [0.2, 0.25) is 0 Å². The zero-order valence-corrected chi connectivity index (χ0v) is 6.02. The van der Waals surface area contributed by atoms with Crippen molar-refractivity contribution in [2.24, 2.45) is 0 Å². The molecule has 3 nitrogen and oxygen atoms in total. The summed E-state index contributed by atoms with van der Waals surface area (Å²) in [6.07, 6.45) is 2.33. The molecule has 0 bridgehead atoms. The first kappa shape index (κ1) is 5.77. The zero-order chi connectivity index (χ0) is 7.14. The summed E-state index contributed by atoms with van der Waals surface area (Å²) in [6.45, 7) is 2.19. The monoisotopic (exact) mass is 137 g/mol. The number of rotatable bonds is 0. The summed E-state index contributed by atoms with van der Waals surface area (Å²) in [4.78, 5) is 0. The molecule has 0 aromatic carbocycles. The van der Waals surface area contributed by atoms with Crippen molar-refractivity contribution in [2.75, 3.05) is 5.73 Å². The number of H-pyrrole nitrogens is 1. The minimum atomic E-state index is 0.605. The topological polar surface area (TPSA) is 54.7 Å². The normalized spacial score (nSPS) is 23.1. The van der Waals surface area contributed by atoms with Crippen molar-refractivity contribution in [2.45, 2.75) is 25.7 Å². The molecule has 3 heteroatoms. The maximum atomic E-state index is 5.64. The lowest BCUT2D eigenvalue weighted by Crippen LogP contribution is -1.92. The molecule has 54 valence electrons. The average Bonchev–Trinajstić information content (AvgIpc) is 2.40. The van der Waals surface area contributed by atoms with E-state index in [-0.39, 0.29) is 0 Å². The third kappa shape index (κ3) is 0.574. The van der Waals surface area contributed by atoms with Crippen LogP contribution >= 0.6 is 0 Å². The van der Waals surface area contributed by atoms with Crippen LogP contribution in [0.15, 0.2) is 0 Å². The third-order valence-electron chi connectivity index (χ3n) is 2.23. The zero-order valence-electron chi connectivity index (χ0n) is 6.02. The van der Waals surface area contributed by atoms with Gasteiger partial charge in [-0.15, -0.1) is 0 Å². The van der Waals surface area contributed by atoms with Gasteiger partial charge in [-0.25, -0.2) is 0 Å². The highest BCUT2D eigenvalue weighted by Crippen LogP contribution is 2.34. The van der Waals surface area contributed by atoms with E-state index in [1.54, 1.807) is 0 Å². The molecule has 0 saturated heterocycles. The van der Waals surface area contributed by atoms with E-state index in [9.17, 15) is 0 Å². The van der Waals surface area contributed by atoms with Crippen LogP contribution in [-0.2, 0) is 6.42 Å². The molecule has 3 N–H and O–H groups in total. The minimum Gasteiger partial charge on any atom is -0.382 e. The fourth-order valence-electron chi connectivity index (χ4n) is 1.65. The summed E-state index contributed by atoms with van der Waals surface area (Å²) in [5.74, 6) is 1.30. The molecule has 1 aliphatic rings. The minimum absolute atomic E-state index is 0.605. The number of hydrogen-bond donors (Lipinski definition) is 2. The van der Waals surface area contributed by atoms with Gasteiger partial charge in [-0.3, -0.25) is 5.10 Å². The Hall–Kier alpha value is -0.990. The summed E-state index contributed by atoms with van der Waals surface area (Å²) in [5.41, 5.74) is 8.13. The molecule has 0 amide bonds. The summed E-state index contributed by atoms with van der Waals surface area (Å²) < 4.78 is 0. The van der Waals surface area contributed by atoms with Crippen LogP contribution in [0.2, 0.25) is 0 Å². The highest BCUT2D eigenvalue weighted by atomic mass is 15.2. The Kier molecular flexibility index (Phi) is 1.01. The molecule has 0 aliphatic heterocycles. The molecule has 1 aliphatic carbocycles. The Morgan fingerprint density at radius 1 is 1.70 bits per heavy atom. The van der Waals surface area contributed by atoms with E-state index in [0.29, 0.717) is 11.7 Å². The van der Waals surface area contributed by atoms with Gasteiger partial charge in [0.15, 0.2) is 0 Å². The number of nitrogen functional groups attached to an aromatic ring is 1. The number of aryl methyl sites for hydroxylation is 1. The first-order valence-corrected chi connectivity index (χ1v) is 3.61. The maximum Gasteiger partial charge on any atom is 0.148 e. The van der Waals surface area contributed by atoms with E-state index < -0.39 is 0 Å². The number of fused-ring (bicyclic) bond motifs is 1. The highest BCUT2D eigenvalue weighted by molar-refractivity contribution is 5.46. The van der Waals surface area contributed by atoms with Crippen molar-refractivity contribution >= 4 is 5.82 Å². The lowest BCUT2D eigenvalue weighted by molar-refractivity contribution is 0.737. The molecule has 1 aromatic rings. The molecule has 0 fully saturated rings. The summed E-state index contributed by atoms with van der Waals surface area (Å²) in [5, 5.41) is 6.88. The molecule has 1 heterocycles. The van der Waals surface area contributed by atoms with Crippen molar-refractivity contribution in [3.63, 3.8) is 0 Å². The van der Waals surface area contributed by atoms with Gasteiger partial charge in [0.25, 0.3) is 0 Å². The van der Waals surface area contributed by atoms with Gasteiger partial charge in [-0.2, -0.15) is 5.10 Å². The standard InChI is InChI=1S/C7H11N3/c1-4-2-3-5-6(4)7(8)10-9-5/h4H,2-3H2,1H3,(H3,8,9,10). The van der Waals surface area contributed by atoms with Crippen LogP contribution in [-0.4, -0.2) is 10.2 Å². The van der Waals surface area contributed by atoms with Crippen LogP contribution in [0.3, 0.4) is 0 Å². The molecule has 2 rings (SSSR count). The van der Waals surface area contributed by atoms with Crippen LogP contribution in [0.25, 0.3) is 0 Å². The lowest BCUT2D eigenvalue weighted by Gasteiger charge is -1.98. The third-order valence-corrected chi connectivity index (χ3v) is 2.23. The Balaban J connectivity index is 2.54. The number of nitrogens with one attached hydrogen (secondary N) is 1. The van der Waals surface area contributed by atoms with Gasteiger partial charge in [0.1, 0.15) is 5.82 Å². The smallest absolute Gasteiger partial charge is 0.148 e. The molecule has 1 atom stereocenters. The van der Waals surface area contributed by atoms with Gasteiger partial charge in [0.05, 0.1) is 0 Å². The fourth-order valence-corrected chi connectivity index (χ4v) is 1.65. The molecule has 0 saturated carbocycles. The SMILES string of the molecule is CC1CCc2[nH]nc(N)c21. The van der Waals surface area contributed by atoms with Crippen LogP contribution in [0.4, 0.5) is 5.82 Å². The van der Waals surface area contributed by atoms with Gasteiger partial charge < -0.3 is 5.73 Å². The molecule has 1 unspecified atom stereocenters. The molecular formula is C7H11N3. The molecular weight excluding hydrogens is 126 g/mol. The van der Waals surface area contributed by atoms with Crippen molar-refractivity contribution in [3.8, 4) is 0 Å². The number of hydrogen-bond acceptors (Lipinski definition) is 2. The lowest BCUT2D eigenvalue weighted by atomic mass is 10.1. The maximum absolute atomic E-state index is 5.64. The van der Waals surface area contributed by atoms with Crippen molar-refractivity contribution < 1.29 is 0 Å². The predicted octanol–water partition coefficient (Wildman–Crippen LogP) is 1.04. The first-order valence-electron chi connectivity index (χ1n) is 3.61.